The number of allylic oxidation sites excluding steroid dienone is 7. The van der Waals surface area contributed by atoms with Crippen molar-refractivity contribution in [2.75, 3.05) is 0 Å². The number of carboxylic acids is 1. The first kappa shape index (κ1) is 45.9. The van der Waals surface area contributed by atoms with Crippen LogP contribution in [0.2, 0.25) is 0 Å². The second-order valence-electron chi connectivity index (χ2n) is 13.8. The van der Waals surface area contributed by atoms with Crippen LogP contribution in [-0.4, -0.2) is 23.1 Å². The fourth-order valence-corrected chi connectivity index (χ4v) is 5.99. The van der Waals surface area contributed by atoms with Crippen molar-refractivity contribution < 1.29 is 19.4 Å². The molecule has 0 amide bonds. The summed E-state index contributed by atoms with van der Waals surface area (Å²) < 4.78 is 5.85. The highest BCUT2D eigenvalue weighted by atomic mass is 16.5. The molecule has 1 atom stereocenters. The van der Waals surface area contributed by atoms with Crippen LogP contribution >= 0.6 is 0 Å². The highest BCUT2D eigenvalue weighted by Gasteiger charge is 2.11. The SMILES string of the molecule is CC/C=C\C/C=C\C/C=C\C(CCCCCCC(=O)O)OC(=O)CCCCCCCCCCCCC/C=C\CCCCCCCCCC. The van der Waals surface area contributed by atoms with Gasteiger partial charge in [-0.25, -0.2) is 0 Å². The van der Waals surface area contributed by atoms with Crippen LogP contribution in [0.3, 0.4) is 0 Å². The Kier molecular flexibility index (Phi) is 37.6. The van der Waals surface area contributed by atoms with Crippen molar-refractivity contribution in [3.05, 3.63) is 48.6 Å². The minimum absolute atomic E-state index is 0.0882. The van der Waals surface area contributed by atoms with Crippen LogP contribution in [0, 0.1) is 0 Å². The van der Waals surface area contributed by atoms with Crippen molar-refractivity contribution in [2.24, 2.45) is 0 Å². The molecule has 0 heterocycles. The van der Waals surface area contributed by atoms with E-state index in [0.717, 1.165) is 57.8 Å². The molecule has 0 bridgehead atoms. The molecule has 0 aromatic carbocycles. The Morgan fingerprint density at radius 3 is 1.46 bits per heavy atom. The van der Waals surface area contributed by atoms with E-state index in [-0.39, 0.29) is 18.5 Å². The van der Waals surface area contributed by atoms with Gasteiger partial charge in [0.15, 0.2) is 0 Å². The van der Waals surface area contributed by atoms with E-state index in [1.54, 1.807) is 0 Å². The molecule has 1 unspecified atom stereocenters. The smallest absolute Gasteiger partial charge is 0.306 e. The second kappa shape index (κ2) is 39.3. The quantitative estimate of drug-likeness (QED) is 0.0406. The molecule has 0 aliphatic rings. The Bertz CT molecular complexity index is 809. The van der Waals surface area contributed by atoms with Crippen molar-refractivity contribution in [1.29, 1.82) is 0 Å². The highest BCUT2D eigenvalue weighted by molar-refractivity contribution is 5.69. The minimum atomic E-state index is -0.730. The fraction of sp³-hybridized carbons (Fsp3) is 0.773. The molecule has 0 saturated heterocycles. The number of rotatable bonds is 37. The molecule has 0 rings (SSSR count). The lowest BCUT2D eigenvalue weighted by Crippen LogP contribution is -2.16. The lowest BCUT2D eigenvalue weighted by atomic mass is 10.0. The third-order valence-corrected chi connectivity index (χ3v) is 9.02. The first-order valence-corrected chi connectivity index (χ1v) is 20.6. The van der Waals surface area contributed by atoms with Gasteiger partial charge in [-0.05, 0) is 76.7 Å². The number of unbranched alkanes of at least 4 members (excludes halogenated alkanes) is 22. The van der Waals surface area contributed by atoms with E-state index in [0.29, 0.717) is 12.8 Å². The van der Waals surface area contributed by atoms with Gasteiger partial charge in [-0.3, -0.25) is 9.59 Å². The predicted octanol–water partition coefficient (Wildman–Crippen LogP) is 14.3. The lowest BCUT2D eigenvalue weighted by molar-refractivity contribution is -0.147. The molecule has 4 heteroatoms. The molecule has 0 aromatic heterocycles. The number of aliphatic carboxylic acids is 1. The average molecular weight is 671 g/mol. The third kappa shape index (κ3) is 38.3. The van der Waals surface area contributed by atoms with E-state index in [1.165, 1.54) is 122 Å². The van der Waals surface area contributed by atoms with Crippen LogP contribution in [-0.2, 0) is 14.3 Å². The maximum absolute atomic E-state index is 12.6. The molecule has 0 fully saturated rings. The zero-order valence-electron chi connectivity index (χ0n) is 31.8. The summed E-state index contributed by atoms with van der Waals surface area (Å²) in [7, 11) is 0. The van der Waals surface area contributed by atoms with Crippen LogP contribution < -0.4 is 0 Å². The Hall–Kier alpha value is -2.10. The maximum Gasteiger partial charge on any atom is 0.306 e. The van der Waals surface area contributed by atoms with Crippen LogP contribution in [0.1, 0.15) is 213 Å². The Morgan fingerprint density at radius 2 is 0.938 bits per heavy atom. The Morgan fingerprint density at radius 1 is 0.500 bits per heavy atom. The summed E-state index contributed by atoms with van der Waals surface area (Å²) in [6.45, 7) is 4.42. The molecule has 0 spiro atoms. The summed E-state index contributed by atoms with van der Waals surface area (Å²) in [5, 5.41) is 8.82. The summed E-state index contributed by atoms with van der Waals surface area (Å²) in [5.41, 5.74) is 0. The predicted molar refractivity (Wildman–Crippen MR) is 209 cm³/mol. The Labute approximate surface area is 298 Å². The van der Waals surface area contributed by atoms with Gasteiger partial charge in [0.2, 0.25) is 0 Å². The fourth-order valence-electron chi connectivity index (χ4n) is 5.99. The largest absolute Gasteiger partial charge is 0.481 e. The van der Waals surface area contributed by atoms with Gasteiger partial charge in [-0.1, -0.05) is 172 Å². The summed E-state index contributed by atoms with van der Waals surface area (Å²) in [5.74, 6) is -0.818. The molecule has 0 aliphatic carbocycles. The average Bonchev–Trinajstić information content (AvgIpc) is 3.07. The molecule has 0 saturated carbocycles. The molecule has 0 aromatic rings. The monoisotopic (exact) mass is 671 g/mol. The van der Waals surface area contributed by atoms with Gasteiger partial charge in [0.05, 0.1) is 0 Å². The summed E-state index contributed by atoms with van der Waals surface area (Å²) in [4.78, 5) is 23.3. The number of hydrogen-bond acceptors (Lipinski definition) is 3. The summed E-state index contributed by atoms with van der Waals surface area (Å²) in [6, 6.07) is 0. The van der Waals surface area contributed by atoms with Crippen molar-refractivity contribution in [2.45, 2.75) is 219 Å². The van der Waals surface area contributed by atoms with E-state index in [9.17, 15) is 9.59 Å². The van der Waals surface area contributed by atoms with Crippen molar-refractivity contribution in [1.82, 2.24) is 0 Å². The number of esters is 1. The van der Waals surface area contributed by atoms with E-state index in [1.807, 2.05) is 6.08 Å². The van der Waals surface area contributed by atoms with Crippen LogP contribution in [0.15, 0.2) is 48.6 Å². The van der Waals surface area contributed by atoms with Crippen molar-refractivity contribution in [3.8, 4) is 0 Å². The number of carbonyl (C=O) groups is 2. The number of carboxylic acid groups (broad SMARTS) is 1. The molecule has 0 aliphatic heterocycles. The first-order chi connectivity index (χ1) is 23.6. The molecule has 1 N–H and O–H groups in total. The zero-order valence-corrected chi connectivity index (χ0v) is 31.8. The van der Waals surface area contributed by atoms with Gasteiger partial charge >= 0.3 is 11.9 Å². The molecule has 0 radical (unpaired) electrons. The van der Waals surface area contributed by atoms with E-state index < -0.39 is 5.97 Å². The summed E-state index contributed by atoms with van der Waals surface area (Å²) >= 11 is 0. The normalized spacial score (nSPS) is 12.7. The number of carbonyl (C=O) groups excluding carboxylic acids is 1. The van der Waals surface area contributed by atoms with Crippen molar-refractivity contribution in [3.63, 3.8) is 0 Å². The van der Waals surface area contributed by atoms with Gasteiger partial charge in [-0.15, -0.1) is 0 Å². The van der Waals surface area contributed by atoms with Gasteiger partial charge in [0, 0.05) is 12.8 Å². The van der Waals surface area contributed by atoms with Crippen molar-refractivity contribution >= 4 is 11.9 Å². The Balaban J connectivity index is 3.83. The van der Waals surface area contributed by atoms with E-state index >= 15 is 0 Å². The van der Waals surface area contributed by atoms with Crippen LogP contribution in [0.25, 0.3) is 0 Å². The molecular formula is C44H78O4. The molecular weight excluding hydrogens is 592 g/mol. The first-order valence-electron chi connectivity index (χ1n) is 20.6. The van der Waals surface area contributed by atoms with Gasteiger partial charge in [0.1, 0.15) is 6.10 Å². The van der Waals surface area contributed by atoms with Gasteiger partial charge in [-0.2, -0.15) is 0 Å². The van der Waals surface area contributed by atoms with Gasteiger partial charge in [0.25, 0.3) is 0 Å². The van der Waals surface area contributed by atoms with Crippen LogP contribution in [0.5, 0.6) is 0 Å². The standard InChI is InChI=1S/C44H78O4/c1-3-5-7-9-11-13-14-15-16-17-18-19-20-21-22-23-24-25-26-27-29-31-37-41-44(47)48-42(39-35-32-33-36-40-43(45)46)38-34-30-28-12-10-8-6-4-2/h6,8,12,17-18,28,34,38,42H,3-5,7,9-11,13-16,19-27,29-33,35-37,39-41H2,1-2H3,(H,45,46)/b8-6-,18-17-,28-12-,38-34-. The van der Waals surface area contributed by atoms with Crippen LogP contribution in [0.4, 0.5) is 0 Å². The highest BCUT2D eigenvalue weighted by Crippen LogP contribution is 2.16. The number of ether oxygens (including phenoxy) is 1. The zero-order chi connectivity index (χ0) is 35.0. The maximum atomic E-state index is 12.6. The molecule has 48 heavy (non-hydrogen) atoms. The molecule has 4 nitrogen and oxygen atoms in total. The van der Waals surface area contributed by atoms with Gasteiger partial charge < -0.3 is 9.84 Å². The molecule has 278 valence electrons. The van der Waals surface area contributed by atoms with E-state index in [4.69, 9.17) is 9.84 Å². The minimum Gasteiger partial charge on any atom is -0.481 e. The lowest BCUT2D eigenvalue weighted by Gasteiger charge is -2.14. The second-order valence-corrected chi connectivity index (χ2v) is 13.8. The summed E-state index contributed by atoms with van der Waals surface area (Å²) in [6.07, 6.45) is 53.1. The third-order valence-electron chi connectivity index (χ3n) is 9.02. The number of hydrogen-bond donors (Lipinski definition) is 1. The topological polar surface area (TPSA) is 63.6 Å². The van der Waals surface area contributed by atoms with E-state index in [2.05, 4.69) is 56.4 Å².